The van der Waals surface area contributed by atoms with E-state index in [9.17, 15) is 13.2 Å². The van der Waals surface area contributed by atoms with E-state index in [0.717, 1.165) is 25.1 Å². The van der Waals surface area contributed by atoms with Crippen molar-refractivity contribution in [3.05, 3.63) is 89.0 Å². The Kier molecular flexibility index (Phi) is 7.34. The lowest BCUT2D eigenvalue weighted by atomic mass is 9.99. The Morgan fingerprint density at radius 2 is 1.74 bits per heavy atom. The summed E-state index contributed by atoms with van der Waals surface area (Å²) in [5, 5.41) is 2.75. The number of nitrogens with one attached hydrogen (secondary N) is 2. The molecule has 0 fully saturated rings. The van der Waals surface area contributed by atoms with Crippen molar-refractivity contribution in [3.8, 4) is 0 Å². The van der Waals surface area contributed by atoms with Crippen LogP contribution in [0.1, 0.15) is 35.6 Å². The Hall–Kier alpha value is -3.16. The molecule has 0 aromatic heterocycles. The predicted molar refractivity (Wildman–Crippen MR) is 137 cm³/mol. The number of carbonyl (C=O) groups excluding carboxylic acids is 1. The van der Waals surface area contributed by atoms with Crippen molar-refractivity contribution in [1.82, 2.24) is 4.72 Å². The van der Waals surface area contributed by atoms with Gasteiger partial charge in [0.15, 0.2) is 0 Å². The topological polar surface area (TPSA) is 78.5 Å². The normalized spacial score (nSPS) is 13.4. The fraction of sp³-hybridized carbons (Fsp3) is 0.296. The zero-order valence-corrected chi connectivity index (χ0v) is 20.5. The second-order valence-electron chi connectivity index (χ2n) is 8.64. The second-order valence-corrected chi connectivity index (χ2v) is 10.4. The molecule has 1 aliphatic heterocycles. The summed E-state index contributed by atoms with van der Waals surface area (Å²) in [6, 6.07) is 21.8. The van der Waals surface area contributed by atoms with Gasteiger partial charge in [0.05, 0.1) is 4.90 Å². The molecule has 1 amide bonds. The van der Waals surface area contributed by atoms with Crippen LogP contribution in [0.4, 0.5) is 11.4 Å². The molecule has 6 nitrogen and oxygen atoms in total. The Balaban J connectivity index is 1.33. The first-order valence-electron chi connectivity index (χ1n) is 11.7. The molecule has 7 heteroatoms. The van der Waals surface area contributed by atoms with E-state index >= 15 is 0 Å². The summed E-state index contributed by atoms with van der Waals surface area (Å²) in [4.78, 5) is 14.2. The first-order chi connectivity index (χ1) is 16.4. The van der Waals surface area contributed by atoms with Gasteiger partial charge >= 0.3 is 0 Å². The number of nitrogens with zero attached hydrogens (tertiary/aromatic N) is 1. The minimum Gasteiger partial charge on any atom is -0.367 e. The Bertz CT molecular complexity index is 1270. The summed E-state index contributed by atoms with van der Waals surface area (Å²) in [5.41, 5.74) is 6.26. The maximum atomic E-state index is 12.8. The van der Waals surface area contributed by atoms with E-state index in [4.69, 9.17) is 0 Å². The standard InChI is InChI=1S/C27H31N3O3S/c1-3-27(31)29-24-10-13-26(20(2)18-24)34(32,33)28-16-14-21-8-11-25(12-9-21)30-17-15-22-6-4-5-7-23(22)19-30/h4-13,18,28H,3,14-17,19H2,1-2H3,(H,29,31). The van der Waals surface area contributed by atoms with Gasteiger partial charge in [-0.25, -0.2) is 13.1 Å². The van der Waals surface area contributed by atoms with Crippen LogP contribution in [-0.2, 0) is 34.2 Å². The van der Waals surface area contributed by atoms with Gasteiger partial charge < -0.3 is 10.2 Å². The summed E-state index contributed by atoms with van der Waals surface area (Å²) >= 11 is 0. The van der Waals surface area contributed by atoms with Crippen molar-refractivity contribution in [3.63, 3.8) is 0 Å². The van der Waals surface area contributed by atoms with E-state index in [1.165, 1.54) is 22.9 Å². The van der Waals surface area contributed by atoms with Gasteiger partial charge in [-0.2, -0.15) is 0 Å². The van der Waals surface area contributed by atoms with Crippen LogP contribution in [0.25, 0.3) is 0 Å². The molecule has 0 atom stereocenters. The minimum absolute atomic E-state index is 0.107. The van der Waals surface area contributed by atoms with E-state index in [0.29, 0.717) is 30.6 Å². The van der Waals surface area contributed by atoms with E-state index in [1.54, 1.807) is 26.0 Å². The third kappa shape index (κ3) is 5.66. The van der Waals surface area contributed by atoms with Crippen molar-refractivity contribution in [2.45, 2.75) is 44.6 Å². The quantitative estimate of drug-likeness (QED) is 0.503. The fourth-order valence-corrected chi connectivity index (χ4v) is 5.53. The number of carbonyl (C=O) groups is 1. The number of aryl methyl sites for hydroxylation is 1. The van der Waals surface area contributed by atoms with Crippen LogP contribution in [0.3, 0.4) is 0 Å². The number of fused-ring (bicyclic) bond motifs is 1. The Morgan fingerprint density at radius 1 is 1.00 bits per heavy atom. The van der Waals surface area contributed by atoms with Crippen LogP contribution in [0.2, 0.25) is 0 Å². The molecule has 3 aromatic carbocycles. The zero-order valence-electron chi connectivity index (χ0n) is 19.7. The SMILES string of the molecule is CCC(=O)Nc1ccc(S(=O)(=O)NCCc2ccc(N3CCc4ccccc4C3)cc2)c(C)c1. The molecule has 0 aliphatic carbocycles. The minimum atomic E-state index is -3.64. The molecule has 0 bridgehead atoms. The van der Waals surface area contributed by atoms with Crippen LogP contribution in [-0.4, -0.2) is 27.4 Å². The third-order valence-electron chi connectivity index (χ3n) is 6.21. The van der Waals surface area contributed by atoms with Gasteiger partial charge in [0.25, 0.3) is 0 Å². The lowest BCUT2D eigenvalue weighted by Crippen LogP contribution is -2.30. The van der Waals surface area contributed by atoms with Gasteiger partial charge in [-0.05, 0) is 72.4 Å². The zero-order chi connectivity index (χ0) is 24.1. The molecule has 0 radical (unpaired) electrons. The van der Waals surface area contributed by atoms with Crippen LogP contribution < -0.4 is 14.9 Å². The number of hydrogen-bond donors (Lipinski definition) is 2. The smallest absolute Gasteiger partial charge is 0.240 e. The highest BCUT2D eigenvalue weighted by molar-refractivity contribution is 7.89. The summed E-state index contributed by atoms with van der Waals surface area (Å²) in [5.74, 6) is -0.107. The van der Waals surface area contributed by atoms with E-state index < -0.39 is 10.0 Å². The number of benzene rings is 3. The summed E-state index contributed by atoms with van der Waals surface area (Å²) in [6.45, 7) is 5.72. The van der Waals surface area contributed by atoms with Crippen LogP contribution in [0.15, 0.2) is 71.6 Å². The van der Waals surface area contributed by atoms with E-state index in [-0.39, 0.29) is 10.8 Å². The van der Waals surface area contributed by atoms with Gasteiger partial charge in [-0.3, -0.25) is 4.79 Å². The highest BCUT2D eigenvalue weighted by atomic mass is 32.2. The molecule has 3 aromatic rings. The number of amides is 1. The van der Waals surface area contributed by atoms with Crippen molar-refractivity contribution < 1.29 is 13.2 Å². The summed E-state index contributed by atoms with van der Waals surface area (Å²) in [7, 11) is -3.64. The summed E-state index contributed by atoms with van der Waals surface area (Å²) < 4.78 is 28.3. The van der Waals surface area contributed by atoms with Crippen molar-refractivity contribution in [2.75, 3.05) is 23.3 Å². The predicted octanol–water partition coefficient (Wildman–Crippen LogP) is 4.43. The largest absolute Gasteiger partial charge is 0.367 e. The van der Waals surface area contributed by atoms with E-state index in [1.807, 2.05) is 0 Å². The van der Waals surface area contributed by atoms with Gasteiger partial charge in [0.2, 0.25) is 15.9 Å². The molecule has 1 heterocycles. The van der Waals surface area contributed by atoms with Gasteiger partial charge in [-0.1, -0.05) is 43.3 Å². The fourth-order valence-electron chi connectivity index (χ4n) is 4.28. The molecule has 0 saturated heterocycles. The molecule has 34 heavy (non-hydrogen) atoms. The highest BCUT2D eigenvalue weighted by Crippen LogP contribution is 2.25. The Morgan fingerprint density at radius 3 is 2.44 bits per heavy atom. The lowest BCUT2D eigenvalue weighted by molar-refractivity contribution is -0.115. The van der Waals surface area contributed by atoms with E-state index in [2.05, 4.69) is 63.5 Å². The van der Waals surface area contributed by atoms with Crippen LogP contribution in [0.5, 0.6) is 0 Å². The molecule has 178 valence electrons. The molecule has 0 saturated carbocycles. The molecular weight excluding hydrogens is 446 g/mol. The van der Waals surface area contributed by atoms with Crippen LogP contribution in [0, 0.1) is 6.92 Å². The lowest BCUT2D eigenvalue weighted by Gasteiger charge is -2.30. The van der Waals surface area contributed by atoms with Gasteiger partial charge in [0.1, 0.15) is 0 Å². The first kappa shape index (κ1) is 24.0. The van der Waals surface area contributed by atoms with Crippen molar-refractivity contribution >= 4 is 27.3 Å². The molecule has 0 spiro atoms. The monoisotopic (exact) mass is 477 g/mol. The van der Waals surface area contributed by atoms with Gasteiger partial charge in [-0.15, -0.1) is 0 Å². The molecule has 0 unspecified atom stereocenters. The molecular formula is C27H31N3O3S. The number of anilines is 2. The van der Waals surface area contributed by atoms with Crippen molar-refractivity contribution in [2.24, 2.45) is 0 Å². The third-order valence-corrected chi connectivity index (χ3v) is 7.83. The molecule has 4 rings (SSSR count). The Labute approximate surface area is 202 Å². The highest BCUT2D eigenvalue weighted by Gasteiger charge is 2.18. The first-order valence-corrected chi connectivity index (χ1v) is 13.1. The van der Waals surface area contributed by atoms with Gasteiger partial charge in [0, 0.05) is 37.4 Å². The maximum absolute atomic E-state index is 12.8. The maximum Gasteiger partial charge on any atom is 0.240 e. The average Bonchev–Trinajstić information content (AvgIpc) is 2.84. The van der Waals surface area contributed by atoms with Crippen molar-refractivity contribution in [1.29, 1.82) is 0 Å². The summed E-state index contributed by atoms with van der Waals surface area (Å²) in [6.07, 6.45) is 2.02. The number of hydrogen-bond acceptors (Lipinski definition) is 4. The molecule has 2 N–H and O–H groups in total. The number of rotatable bonds is 8. The number of sulfonamides is 1. The molecule has 1 aliphatic rings. The second kappa shape index (κ2) is 10.4. The average molecular weight is 478 g/mol. The van der Waals surface area contributed by atoms with Crippen LogP contribution >= 0.6 is 0 Å².